The summed E-state index contributed by atoms with van der Waals surface area (Å²) in [7, 11) is -2.88. The van der Waals surface area contributed by atoms with Crippen molar-refractivity contribution in [3.8, 4) is 11.5 Å². The highest BCUT2D eigenvalue weighted by molar-refractivity contribution is 7.66. The Labute approximate surface area is 107 Å². The van der Waals surface area contributed by atoms with Crippen molar-refractivity contribution in [1.82, 2.24) is 0 Å². The van der Waals surface area contributed by atoms with Crippen molar-refractivity contribution in [2.45, 2.75) is 6.92 Å². The Kier molecular flexibility index (Phi) is 3.44. The van der Waals surface area contributed by atoms with Gasteiger partial charge in [0, 0.05) is 12.0 Å². The lowest BCUT2D eigenvalue weighted by Gasteiger charge is -2.15. The third kappa shape index (κ3) is 2.93. The summed E-state index contributed by atoms with van der Waals surface area (Å²) in [6, 6.07) is 13.7. The molecule has 2 aromatic carbocycles. The first-order valence-electron chi connectivity index (χ1n) is 5.61. The predicted octanol–water partition coefficient (Wildman–Crippen LogP) is 3.31. The lowest BCUT2D eigenvalue weighted by molar-refractivity contribution is 0.471. The topological polar surface area (TPSA) is 46.5 Å². The molecule has 0 heterocycles. The van der Waals surface area contributed by atoms with E-state index in [4.69, 9.17) is 4.52 Å². The molecule has 0 fully saturated rings. The number of rotatable bonds is 3. The number of aryl methyl sites for hydroxylation is 1. The lowest BCUT2D eigenvalue weighted by Crippen LogP contribution is -2.08. The second kappa shape index (κ2) is 4.87. The maximum Gasteiger partial charge on any atom is 0.274 e. The maximum atomic E-state index is 12.5. The van der Waals surface area contributed by atoms with Gasteiger partial charge in [0.1, 0.15) is 11.5 Å². The average molecular weight is 262 g/mol. The van der Waals surface area contributed by atoms with Gasteiger partial charge in [0.25, 0.3) is 7.37 Å². The Morgan fingerprint density at radius 1 is 1.00 bits per heavy atom. The molecule has 0 radical (unpaired) electrons. The number of aromatic hydroxyl groups is 1. The molecule has 2 aromatic rings. The second-order valence-corrected chi connectivity index (χ2v) is 6.66. The quantitative estimate of drug-likeness (QED) is 0.863. The third-order valence-electron chi connectivity index (χ3n) is 2.62. The molecule has 0 saturated heterocycles. The summed E-state index contributed by atoms with van der Waals surface area (Å²) >= 11 is 0. The molecule has 3 nitrogen and oxygen atoms in total. The molecular formula is C14H15O3P. The van der Waals surface area contributed by atoms with Gasteiger partial charge in [-0.05, 0) is 43.3 Å². The molecule has 0 bridgehead atoms. The summed E-state index contributed by atoms with van der Waals surface area (Å²) < 4.78 is 18.0. The van der Waals surface area contributed by atoms with Crippen LogP contribution in [0.3, 0.4) is 0 Å². The normalized spacial score (nSPS) is 13.9. The van der Waals surface area contributed by atoms with Crippen LogP contribution in [0.4, 0.5) is 0 Å². The molecule has 94 valence electrons. The zero-order valence-corrected chi connectivity index (χ0v) is 11.2. The van der Waals surface area contributed by atoms with E-state index < -0.39 is 7.37 Å². The summed E-state index contributed by atoms with van der Waals surface area (Å²) in [5.41, 5.74) is 1.11. The van der Waals surface area contributed by atoms with E-state index in [1.807, 2.05) is 31.2 Å². The number of benzene rings is 2. The van der Waals surface area contributed by atoms with Crippen LogP contribution in [0.5, 0.6) is 11.5 Å². The van der Waals surface area contributed by atoms with Crippen LogP contribution in [0.2, 0.25) is 0 Å². The summed E-state index contributed by atoms with van der Waals surface area (Å²) in [6.45, 7) is 3.57. The Morgan fingerprint density at radius 2 is 1.56 bits per heavy atom. The van der Waals surface area contributed by atoms with Crippen LogP contribution in [0.15, 0.2) is 48.5 Å². The van der Waals surface area contributed by atoms with E-state index in [1.54, 1.807) is 18.8 Å². The van der Waals surface area contributed by atoms with Crippen molar-refractivity contribution in [3.05, 3.63) is 54.1 Å². The smallest absolute Gasteiger partial charge is 0.274 e. The van der Waals surface area contributed by atoms with Crippen molar-refractivity contribution in [2.75, 3.05) is 6.66 Å². The van der Waals surface area contributed by atoms with E-state index in [-0.39, 0.29) is 5.75 Å². The number of phenols is 1. The lowest BCUT2D eigenvalue weighted by atomic mass is 10.2. The first-order chi connectivity index (χ1) is 8.47. The minimum Gasteiger partial charge on any atom is -0.508 e. The average Bonchev–Trinajstić information content (AvgIpc) is 2.32. The standard InChI is InChI=1S/C14H15O3P/c1-11-3-9-14(10-4-11)18(2,16)17-13-7-5-12(15)6-8-13/h3-10,15H,1-2H3. The summed E-state index contributed by atoms with van der Waals surface area (Å²) in [5, 5.41) is 9.86. The Morgan fingerprint density at radius 3 is 2.11 bits per heavy atom. The molecule has 2 rings (SSSR count). The van der Waals surface area contributed by atoms with Gasteiger partial charge in [0.2, 0.25) is 0 Å². The highest BCUT2D eigenvalue weighted by Crippen LogP contribution is 2.42. The molecular weight excluding hydrogens is 247 g/mol. The monoisotopic (exact) mass is 262 g/mol. The molecule has 0 spiro atoms. The zero-order valence-electron chi connectivity index (χ0n) is 10.3. The van der Waals surface area contributed by atoms with Crippen LogP contribution in [-0.4, -0.2) is 11.8 Å². The molecule has 0 aliphatic heterocycles. The van der Waals surface area contributed by atoms with Gasteiger partial charge in [-0.1, -0.05) is 17.7 Å². The van der Waals surface area contributed by atoms with Crippen molar-refractivity contribution < 1.29 is 14.2 Å². The van der Waals surface area contributed by atoms with E-state index in [1.165, 1.54) is 12.1 Å². The van der Waals surface area contributed by atoms with Crippen LogP contribution in [0.1, 0.15) is 5.56 Å². The van der Waals surface area contributed by atoms with Crippen LogP contribution in [-0.2, 0) is 4.57 Å². The van der Waals surface area contributed by atoms with E-state index >= 15 is 0 Å². The van der Waals surface area contributed by atoms with Gasteiger partial charge in [-0.25, -0.2) is 0 Å². The molecule has 0 aliphatic rings. The Bertz CT molecular complexity index is 573. The van der Waals surface area contributed by atoms with Gasteiger partial charge in [-0.2, -0.15) is 0 Å². The van der Waals surface area contributed by atoms with Crippen LogP contribution in [0, 0.1) is 6.92 Å². The molecule has 18 heavy (non-hydrogen) atoms. The van der Waals surface area contributed by atoms with E-state index in [0.717, 1.165) is 5.56 Å². The molecule has 0 amide bonds. The SMILES string of the molecule is Cc1ccc(P(C)(=O)Oc2ccc(O)cc2)cc1. The van der Waals surface area contributed by atoms with Crippen LogP contribution in [0.25, 0.3) is 0 Å². The van der Waals surface area contributed by atoms with E-state index in [0.29, 0.717) is 11.1 Å². The molecule has 0 saturated carbocycles. The first kappa shape index (κ1) is 12.7. The fourth-order valence-electron chi connectivity index (χ4n) is 1.58. The third-order valence-corrected chi connectivity index (χ3v) is 4.41. The van der Waals surface area contributed by atoms with Crippen LogP contribution >= 0.6 is 7.37 Å². The highest BCUT2D eigenvalue weighted by atomic mass is 31.2. The molecule has 1 N–H and O–H groups in total. The van der Waals surface area contributed by atoms with Gasteiger partial charge >= 0.3 is 0 Å². The van der Waals surface area contributed by atoms with Crippen molar-refractivity contribution in [1.29, 1.82) is 0 Å². The van der Waals surface area contributed by atoms with E-state index in [2.05, 4.69) is 0 Å². The zero-order chi connectivity index (χ0) is 13.2. The summed E-state index contributed by atoms with van der Waals surface area (Å²) in [4.78, 5) is 0. The summed E-state index contributed by atoms with van der Waals surface area (Å²) in [5.74, 6) is 0.642. The highest BCUT2D eigenvalue weighted by Gasteiger charge is 2.20. The fourth-order valence-corrected chi connectivity index (χ4v) is 2.90. The summed E-state index contributed by atoms with van der Waals surface area (Å²) in [6.07, 6.45) is 0. The maximum absolute atomic E-state index is 12.5. The van der Waals surface area contributed by atoms with Gasteiger partial charge < -0.3 is 9.63 Å². The first-order valence-corrected chi connectivity index (χ1v) is 7.68. The second-order valence-electron chi connectivity index (χ2n) is 4.27. The molecule has 1 atom stereocenters. The van der Waals surface area contributed by atoms with Gasteiger partial charge in [0.15, 0.2) is 0 Å². The van der Waals surface area contributed by atoms with Crippen molar-refractivity contribution in [3.63, 3.8) is 0 Å². The molecule has 0 aliphatic carbocycles. The number of hydrogen-bond donors (Lipinski definition) is 1. The van der Waals surface area contributed by atoms with Crippen molar-refractivity contribution >= 4 is 12.7 Å². The largest absolute Gasteiger partial charge is 0.508 e. The van der Waals surface area contributed by atoms with Gasteiger partial charge in [-0.3, -0.25) is 4.57 Å². The minimum absolute atomic E-state index is 0.156. The Hall–Kier alpha value is -1.73. The minimum atomic E-state index is -2.88. The van der Waals surface area contributed by atoms with Crippen LogP contribution < -0.4 is 9.83 Å². The Balaban J connectivity index is 2.24. The van der Waals surface area contributed by atoms with Gasteiger partial charge in [-0.15, -0.1) is 0 Å². The molecule has 4 heteroatoms. The van der Waals surface area contributed by atoms with E-state index in [9.17, 15) is 9.67 Å². The molecule has 0 aromatic heterocycles. The van der Waals surface area contributed by atoms with Crippen molar-refractivity contribution in [2.24, 2.45) is 0 Å². The number of phenolic OH excluding ortho intramolecular Hbond substituents is 1. The number of hydrogen-bond acceptors (Lipinski definition) is 3. The predicted molar refractivity (Wildman–Crippen MR) is 73.1 cm³/mol. The molecule has 1 unspecified atom stereocenters. The van der Waals surface area contributed by atoms with Gasteiger partial charge in [0.05, 0.1) is 0 Å². The fraction of sp³-hybridized carbons (Fsp3) is 0.143.